The number of aromatic nitrogens is 3. The summed E-state index contributed by atoms with van der Waals surface area (Å²) < 4.78 is 6.88. The van der Waals surface area contributed by atoms with Gasteiger partial charge >= 0.3 is 0 Å². The molecule has 0 fully saturated rings. The van der Waals surface area contributed by atoms with Crippen LogP contribution in [-0.4, -0.2) is 52.3 Å². The van der Waals surface area contributed by atoms with E-state index in [0.717, 1.165) is 155 Å². The molecule has 7 aliphatic heterocycles. The van der Waals surface area contributed by atoms with Crippen LogP contribution in [0.1, 0.15) is 47.9 Å². The molecule has 8 bridgehead atoms. The van der Waals surface area contributed by atoms with Crippen molar-refractivity contribution in [3.8, 4) is 11.1 Å². The van der Waals surface area contributed by atoms with E-state index in [-0.39, 0.29) is 0 Å². The third kappa shape index (κ3) is 11.8. The van der Waals surface area contributed by atoms with Gasteiger partial charge in [0.05, 0.1) is 58.5 Å². The number of fused-ring (bicyclic) bond motifs is 4. The van der Waals surface area contributed by atoms with Crippen LogP contribution >= 0.6 is 0 Å². The first-order chi connectivity index (χ1) is 41.1. The van der Waals surface area contributed by atoms with Gasteiger partial charge in [0.2, 0.25) is 11.4 Å². The van der Waals surface area contributed by atoms with Crippen LogP contribution in [0.15, 0.2) is 311 Å². The van der Waals surface area contributed by atoms with E-state index in [1.54, 1.807) is 0 Å². The van der Waals surface area contributed by atoms with Crippen molar-refractivity contribution in [2.45, 2.75) is 45.3 Å². The van der Waals surface area contributed by atoms with E-state index in [9.17, 15) is 0 Å². The number of rotatable bonds is 17. The highest BCUT2D eigenvalue weighted by molar-refractivity contribution is 6.38. The molecule has 0 saturated heterocycles. The molecule has 0 radical (unpaired) electrons. The minimum absolute atomic E-state index is 0.857. The smallest absolute Gasteiger partial charge is 0.214 e. The summed E-state index contributed by atoms with van der Waals surface area (Å²) in [5.41, 5.74) is 24.3. The van der Waals surface area contributed by atoms with E-state index in [0.29, 0.717) is 0 Å². The number of benzene rings is 3. The summed E-state index contributed by atoms with van der Waals surface area (Å²) in [6.07, 6.45) is 52.3. The lowest BCUT2D eigenvalue weighted by Gasteiger charge is -2.21. The Labute approximate surface area is 486 Å². The number of hydrogen-bond acceptors (Lipinski definition) is 5. The Bertz CT molecular complexity index is 3950. The highest BCUT2D eigenvalue weighted by Gasteiger charge is 2.31. The van der Waals surface area contributed by atoms with Crippen molar-refractivity contribution in [2.24, 2.45) is 15.0 Å². The fourth-order valence-corrected chi connectivity index (χ4v) is 11.5. The number of nitrogens with one attached hydrogen (secondary N) is 1. The quantitative estimate of drug-likeness (QED) is 0.0703. The van der Waals surface area contributed by atoms with E-state index >= 15 is 0 Å². The van der Waals surface area contributed by atoms with Crippen molar-refractivity contribution in [2.75, 3.05) is 19.6 Å². The molecule has 10 nitrogen and oxygen atoms in total. The van der Waals surface area contributed by atoms with Crippen LogP contribution in [0.3, 0.4) is 0 Å². The number of aliphatic imine (C=N–C) groups is 3. The Morgan fingerprint density at radius 3 is 1.18 bits per heavy atom. The van der Waals surface area contributed by atoms with Crippen molar-refractivity contribution in [3.63, 3.8) is 0 Å². The second-order valence-electron chi connectivity index (χ2n) is 21.4. The minimum Gasteiger partial charge on any atom is -0.356 e. The lowest BCUT2D eigenvalue weighted by Crippen LogP contribution is -2.68. The van der Waals surface area contributed by atoms with Gasteiger partial charge in [0.15, 0.2) is 37.2 Å². The van der Waals surface area contributed by atoms with E-state index in [2.05, 4.69) is 297 Å². The molecule has 10 heterocycles. The zero-order chi connectivity index (χ0) is 55.7. The van der Waals surface area contributed by atoms with Crippen molar-refractivity contribution >= 4 is 45.1 Å². The SMILES string of the molecule is [NH3+]CCN1C=CC(=C2C=CN(CCCC[n+]3ccc(-c4cc[n+](CCCC[n+]5ccc(C6=C7C=CC(=N7)C(c7ccccc7)=C7C=CC(=N7)C(c7ccccc7)=C7C=CC(=[NH+]7)C(c7ccccc7)=C7C=CC6=N7)cc5)cc4)cc3)C=C2)C=C1. The molecule has 0 amide bonds. The average Bonchev–Trinajstić information content (AvgIpc) is 4.07. The zero-order valence-corrected chi connectivity index (χ0v) is 46.7. The molecule has 0 saturated carbocycles. The van der Waals surface area contributed by atoms with Gasteiger partial charge in [0.25, 0.3) is 0 Å². The number of aryl methyl sites for hydroxylation is 3. The summed E-state index contributed by atoms with van der Waals surface area (Å²) in [7, 11) is 0. The Morgan fingerprint density at radius 2 is 0.723 bits per heavy atom. The number of quaternary nitrogens is 1. The Kier molecular flexibility index (Phi) is 15.4. The van der Waals surface area contributed by atoms with Gasteiger partial charge in [-0.25, -0.2) is 33.7 Å². The molecule has 83 heavy (non-hydrogen) atoms. The average molecular weight is 1080 g/mol. The maximum Gasteiger partial charge on any atom is 0.214 e. The van der Waals surface area contributed by atoms with Gasteiger partial charge in [0.1, 0.15) is 19.6 Å². The predicted molar refractivity (Wildman–Crippen MR) is 334 cm³/mol. The fraction of sp³-hybridized carbons (Fsp3) is 0.137. The van der Waals surface area contributed by atoms with Crippen LogP contribution in [0.4, 0.5) is 0 Å². The van der Waals surface area contributed by atoms with Crippen LogP contribution in [-0.2, 0) is 19.6 Å². The summed E-state index contributed by atoms with van der Waals surface area (Å²) in [6.45, 7) is 5.71. The van der Waals surface area contributed by atoms with E-state index < -0.39 is 0 Å². The van der Waals surface area contributed by atoms with E-state index in [4.69, 9.17) is 15.0 Å². The van der Waals surface area contributed by atoms with Gasteiger partial charge in [0, 0.05) is 110 Å². The summed E-state index contributed by atoms with van der Waals surface area (Å²) in [4.78, 5) is 24.7. The van der Waals surface area contributed by atoms with Crippen LogP contribution in [0.2, 0.25) is 0 Å². The molecule has 4 N–H and O–H groups in total. The summed E-state index contributed by atoms with van der Waals surface area (Å²) in [5, 5.41) is 0. The monoisotopic (exact) mass is 1080 g/mol. The molecule has 0 unspecified atom stereocenters. The number of hydrogen-bond donors (Lipinski definition) is 2. The van der Waals surface area contributed by atoms with Crippen LogP contribution in [0, 0.1) is 0 Å². The number of pyridine rings is 3. The molecular weight excluding hydrogens is 1020 g/mol. The van der Waals surface area contributed by atoms with Crippen molar-refractivity contribution in [1.29, 1.82) is 0 Å². The topological polar surface area (TPSA) is 96.8 Å². The van der Waals surface area contributed by atoms with Gasteiger partial charge in [-0.05, 0) is 112 Å². The first kappa shape index (κ1) is 52.3. The molecule has 10 heteroatoms. The molecule has 3 aromatic heterocycles. The van der Waals surface area contributed by atoms with E-state index in [1.165, 1.54) is 22.3 Å². The minimum atomic E-state index is 0.857. The van der Waals surface area contributed by atoms with Gasteiger partial charge in [-0.1, -0.05) is 91.0 Å². The third-order valence-corrected chi connectivity index (χ3v) is 15.9. The summed E-state index contributed by atoms with van der Waals surface area (Å²) in [5.74, 6) is 0. The lowest BCUT2D eigenvalue weighted by atomic mass is 9.98. The molecule has 0 spiro atoms. The number of unbranched alkanes of at least 4 members (excludes halogenated alkanes) is 2. The number of allylic oxidation sites excluding steroid dienone is 18. The largest absolute Gasteiger partial charge is 0.356 e. The molecule has 3 aromatic carbocycles. The fourth-order valence-electron chi connectivity index (χ4n) is 11.5. The lowest BCUT2D eigenvalue weighted by molar-refractivity contribution is -0.708. The van der Waals surface area contributed by atoms with Gasteiger partial charge in [-0.15, -0.1) is 0 Å². The van der Waals surface area contributed by atoms with Gasteiger partial charge < -0.3 is 15.5 Å². The first-order valence-corrected chi connectivity index (χ1v) is 29.1. The van der Waals surface area contributed by atoms with Crippen LogP contribution in [0.25, 0.3) is 33.4 Å². The molecule has 13 rings (SSSR count). The van der Waals surface area contributed by atoms with Crippen molar-refractivity contribution in [3.05, 3.63) is 318 Å². The van der Waals surface area contributed by atoms with Crippen LogP contribution < -0.4 is 24.4 Å². The molecule has 7 aliphatic rings. The van der Waals surface area contributed by atoms with Gasteiger partial charge in [-0.3, -0.25) is 0 Å². The standard InChI is InChI=1S/C73H65N10/c74-38-53-83-49-34-57(35-50-83)56-32-47-80(48-33-56)40-11-10-39-79-43-28-54(29-44-79)55-30-45-81(46-31-55)41-12-13-42-82-51-36-61(37-52-82)73-68-26-24-66(77-68)71(59-16-6-2-7-17-59)64-22-20-62(75-64)70(58-14-4-1-5-15-58)63-21-23-65(76-63)72(60-18-8-3-9-19-60)67-25-27-69(73)78-67/h1-9,14-37,43-52H,10-13,38-42,53,74H2/q+3/p+2. The maximum atomic E-state index is 5.49. The Morgan fingerprint density at radius 1 is 0.349 bits per heavy atom. The van der Waals surface area contributed by atoms with Crippen molar-refractivity contribution in [1.82, 2.24) is 9.80 Å². The zero-order valence-electron chi connectivity index (χ0n) is 46.7. The number of nitrogens with zero attached hydrogens (tertiary/aromatic N) is 8. The second kappa shape index (κ2) is 24.4. The Balaban J connectivity index is 0.678. The molecular formula is C73H67N10+5. The second-order valence-corrected chi connectivity index (χ2v) is 21.4. The maximum absolute atomic E-state index is 5.49. The van der Waals surface area contributed by atoms with Gasteiger partial charge in [-0.2, -0.15) is 0 Å². The molecule has 404 valence electrons. The highest BCUT2D eigenvalue weighted by Crippen LogP contribution is 2.37. The summed E-state index contributed by atoms with van der Waals surface area (Å²) in [6, 6.07) is 45.0. The van der Waals surface area contributed by atoms with Crippen LogP contribution in [0.5, 0.6) is 0 Å². The molecule has 0 aliphatic carbocycles. The summed E-state index contributed by atoms with van der Waals surface area (Å²) >= 11 is 0. The predicted octanol–water partition coefficient (Wildman–Crippen LogP) is 9.78. The normalized spacial score (nSPS) is 16.8. The van der Waals surface area contributed by atoms with Crippen molar-refractivity contribution < 1.29 is 24.4 Å². The molecule has 0 atom stereocenters. The van der Waals surface area contributed by atoms with E-state index in [1.807, 2.05) is 0 Å². The first-order valence-electron chi connectivity index (χ1n) is 29.1. The Hall–Kier alpha value is -10.0. The molecule has 6 aromatic rings. The highest BCUT2D eigenvalue weighted by atomic mass is 15.1. The third-order valence-electron chi connectivity index (χ3n) is 15.9.